The van der Waals surface area contributed by atoms with E-state index >= 15 is 0 Å². The van der Waals surface area contributed by atoms with Crippen LogP contribution in [0.2, 0.25) is 0 Å². The first-order valence-corrected chi connectivity index (χ1v) is 5.20. The Balaban J connectivity index is 2.04. The molecule has 78 valence electrons. The van der Waals surface area contributed by atoms with Gasteiger partial charge in [0.05, 0.1) is 0 Å². The molecule has 1 saturated heterocycles. The summed E-state index contributed by atoms with van der Waals surface area (Å²) in [5, 5.41) is 1.11. The molecule has 1 fully saturated rings. The molecule has 1 aromatic carbocycles. The number of ether oxygens (including phenoxy) is 1. The average Bonchev–Trinajstić information content (AvgIpc) is 2.82. The Morgan fingerprint density at radius 3 is 2.87 bits per heavy atom. The second-order valence-corrected chi connectivity index (χ2v) is 3.93. The van der Waals surface area contributed by atoms with Gasteiger partial charge >= 0.3 is 0 Å². The van der Waals surface area contributed by atoms with Crippen LogP contribution in [0.3, 0.4) is 0 Å². The van der Waals surface area contributed by atoms with Gasteiger partial charge in [-0.25, -0.2) is 0 Å². The highest BCUT2D eigenvalue weighted by Crippen LogP contribution is 2.31. The summed E-state index contributed by atoms with van der Waals surface area (Å²) in [6.45, 7) is 0.725. The fraction of sp³-hybridized carbons (Fsp3) is 0.333. The minimum absolute atomic E-state index is 0.0607. The maximum absolute atomic E-state index is 5.95. The molecule has 2 N–H and O–H groups in total. The summed E-state index contributed by atoms with van der Waals surface area (Å²) in [5.74, 6) is 0.848. The van der Waals surface area contributed by atoms with Crippen molar-refractivity contribution in [2.45, 2.75) is 18.6 Å². The molecule has 2 heterocycles. The summed E-state index contributed by atoms with van der Waals surface area (Å²) < 4.78 is 11.3. The molecule has 1 aliphatic rings. The Kier molecular flexibility index (Phi) is 2.01. The summed E-state index contributed by atoms with van der Waals surface area (Å²) in [4.78, 5) is 0. The number of hydrogen-bond acceptors (Lipinski definition) is 3. The van der Waals surface area contributed by atoms with Crippen molar-refractivity contribution in [3.05, 3.63) is 36.1 Å². The quantitative estimate of drug-likeness (QED) is 0.773. The molecule has 2 atom stereocenters. The highest BCUT2D eigenvalue weighted by molar-refractivity contribution is 5.77. The molecule has 0 bridgehead atoms. The third kappa shape index (κ3) is 1.44. The van der Waals surface area contributed by atoms with Gasteiger partial charge in [-0.3, -0.25) is 0 Å². The van der Waals surface area contributed by atoms with Crippen LogP contribution in [0.15, 0.2) is 34.7 Å². The van der Waals surface area contributed by atoms with Crippen LogP contribution in [-0.4, -0.2) is 12.6 Å². The molecule has 3 rings (SSSR count). The molecule has 0 spiro atoms. The van der Waals surface area contributed by atoms with Crippen LogP contribution >= 0.6 is 0 Å². The lowest BCUT2D eigenvalue weighted by atomic mass is 10.1. The smallest absolute Gasteiger partial charge is 0.135 e. The summed E-state index contributed by atoms with van der Waals surface area (Å²) in [7, 11) is 0. The third-order valence-electron chi connectivity index (χ3n) is 2.86. The molecule has 0 aliphatic carbocycles. The zero-order chi connectivity index (χ0) is 10.3. The molecule has 3 heteroatoms. The predicted molar refractivity (Wildman–Crippen MR) is 57.5 cm³/mol. The number of hydrogen-bond donors (Lipinski definition) is 1. The molecule has 3 nitrogen and oxygen atoms in total. The Labute approximate surface area is 87.8 Å². The van der Waals surface area contributed by atoms with Gasteiger partial charge in [-0.15, -0.1) is 0 Å². The first-order chi connectivity index (χ1) is 7.34. The number of furan rings is 1. The minimum Gasteiger partial charge on any atom is -0.458 e. The molecule has 0 radical (unpaired) electrons. The van der Waals surface area contributed by atoms with E-state index in [1.807, 2.05) is 30.3 Å². The molecule has 2 unspecified atom stereocenters. The Bertz CT molecular complexity index is 444. The SMILES string of the molecule is NC1CCOC1c1cc2ccccc2o1. The van der Waals surface area contributed by atoms with Crippen LogP contribution in [0.1, 0.15) is 18.3 Å². The van der Waals surface area contributed by atoms with E-state index < -0.39 is 0 Å². The molecule has 0 amide bonds. The van der Waals surface area contributed by atoms with E-state index in [2.05, 4.69) is 0 Å². The number of para-hydroxylation sites is 1. The lowest BCUT2D eigenvalue weighted by Gasteiger charge is -2.10. The van der Waals surface area contributed by atoms with Gasteiger partial charge in [-0.05, 0) is 18.6 Å². The largest absolute Gasteiger partial charge is 0.458 e. The van der Waals surface area contributed by atoms with Crippen LogP contribution < -0.4 is 5.73 Å². The zero-order valence-electron chi connectivity index (χ0n) is 8.35. The summed E-state index contributed by atoms with van der Waals surface area (Å²) >= 11 is 0. The predicted octanol–water partition coefficient (Wildman–Crippen LogP) is 2.22. The normalized spacial score (nSPS) is 26.2. The third-order valence-corrected chi connectivity index (χ3v) is 2.86. The van der Waals surface area contributed by atoms with Gasteiger partial charge in [-0.1, -0.05) is 18.2 Å². The van der Waals surface area contributed by atoms with Crippen molar-refractivity contribution in [2.24, 2.45) is 5.73 Å². The van der Waals surface area contributed by atoms with Crippen molar-refractivity contribution in [3.8, 4) is 0 Å². The van der Waals surface area contributed by atoms with E-state index in [0.29, 0.717) is 0 Å². The van der Waals surface area contributed by atoms with E-state index in [1.54, 1.807) is 0 Å². The van der Waals surface area contributed by atoms with Crippen molar-refractivity contribution in [1.82, 2.24) is 0 Å². The molecular formula is C12H13NO2. The zero-order valence-corrected chi connectivity index (χ0v) is 8.35. The lowest BCUT2D eigenvalue weighted by molar-refractivity contribution is 0.0881. The molecule has 1 aromatic heterocycles. The number of benzene rings is 1. The summed E-state index contributed by atoms with van der Waals surface area (Å²) in [6, 6.07) is 10.0. The van der Waals surface area contributed by atoms with Crippen LogP contribution in [0.4, 0.5) is 0 Å². The summed E-state index contributed by atoms with van der Waals surface area (Å²) in [5.41, 5.74) is 6.85. The second kappa shape index (κ2) is 3.36. The lowest BCUT2D eigenvalue weighted by Crippen LogP contribution is -2.22. The van der Waals surface area contributed by atoms with E-state index in [1.165, 1.54) is 0 Å². The average molecular weight is 203 g/mol. The van der Waals surface area contributed by atoms with Crippen LogP contribution in [0, 0.1) is 0 Å². The van der Waals surface area contributed by atoms with Crippen molar-refractivity contribution in [3.63, 3.8) is 0 Å². The van der Waals surface area contributed by atoms with Crippen molar-refractivity contribution >= 4 is 11.0 Å². The Hall–Kier alpha value is -1.32. The Morgan fingerprint density at radius 2 is 2.13 bits per heavy atom. The van der Waals surface area contributed by atoms with Gasteiger partial charge in [0.2, 0.25) is 0 Å². The van der Waals surface area contributed by atoms with Crippen molar-refractivity contribution in [2.75, 3.05) is 6.61 Å². The summed E-state index contributed by atoms with van der Waals surface area (Å²) in [6.07, 6.45) is 0.833. The van der Waals surface area contributed by atoms with E-state index in [-0.39, 0.29) is 12.1 Å². The Morgan fingerprint density at radius 1 is 1.27 bits per heavy atom. The molecular weight excluding hydrogens is 190 g/mol. The van der Waals surface area contributed by atoms with E-state index in [4.69, 9.17) is 14.9 Å². The number of rotatable bonds is 1. The van der Waals surface area contributed by atoms with Crippen LogP contribution in [0.25, 0.3) is 11.0 Å². The maximum Gasteiger partial charge on any atom is 0.135 e. The first-order valence-electron chi connectivity index (χ1n) is 5.20. The van der Waals surface area contributed by atoms with E-state index in [0.717, 1.165) is 29.8 Å². The maximum atomic E-state index is 5.95. The van der Waals surface area contributed by atoms with Crippen LogP contribution in [0.5, 0.6) is 0 Å². The topological polar surface area (TPSA) is 48.4 Å². The fourth-order valence-corrected chi connectivity index (χ4v) is 2.04. The van der Waals surface area contributed by atoms with Gasteiger partial charge < -0.3 is 14.9 Å². The molecule has 0 saturated carbocycles. The number of nitrogens with two attached hydrogens (primary N) is 1. The fourth-order valence-electron chi connectivity index (χ4n) is 2.04. The van der Waals surface area contributed by atoms with Gasteiger partial charge in [0, 0.05) is 18.0 Å². The standard InChI is InChI=1S/C12H13NO2/c13-9-5-6-14-12(9)11-7-8-3-1-2-4-10(8)15-11/h1-4,7,9,12H,5-6,13H2. The van der Waals surface area contributed by atoms with Gasteiger partial charge in [0.1, 0.15) is 17.4 Å². The van der Waals surface area contributed by atoms with Gasteiger partial charge in [0.25, 0.3) is 0 Å². The van der Waals surface area contributed by atoms with Crippen molar-refractivity contribution in [1.29, 1.82) is 0 Å². The molecule has 2 aromatic rings. The highest BCUT2D eigenvalue weighted by atomic mass is 16.5. The van der Waals surface area contributed by atoms with Crippen LogP contribution in [-0.2, 0) is 4.74 Å². The van der Waals surface area contributed by atoms with E-state index in [9.17, 15) is 0 Å². The second-order valence-electron chi connectivity index (χ2n) is 3.93. The molecule has 15 heavy (non-hydrogen) atoms. The van der Waals surface area contributed by atoms with Crippen molar-refractivity contribution < 1.29 is 9.15 Å². The minimum atomic E-state index is -0.0719. The first kappa shape index (κ1) is 8.95. The monoisotopic (exact) mass is 203 g/mol. The van der Waals surface area contributed by atoms with Gasteiger partial charge in [0.15, 0.2) is 0 Å². The molecule has 1 aliphatic heterocycles. The van der Waals surface area contributed by atoms with Gasteiger partial charge in [-0.2, -0.15) is 0 Å². The highest BCUT2D eigenvalue weighted by Gasteiger charge is 2.29. The number of fused-ring (bicyclic) bond motifs is 1.